The van der Waals surface area contributed by atoms with Crippen LogP contribution >= 0.6 is 11.3 Å². The standard InChI is InChI=1S/C18H22N4O2S.2C2HF3O2/c23-18(21-10-14-3-1-2-5-19-14)15-9-13-4-7-22(11-16(13)24-15)12-17-20-6-8-25-17;2*3-2(4,5)1(6)7/h1-3,5-6,8,13,15-16H,4,7,9-12H2,(H,21,23);2*(H,6,7)/t13-,15-,16+;;/m0../s1. The van der Waals surface area contributed by atoms with Gasteiger partial charge in [-0.25, -0.2) is 14.6 Å². The zero-order valence-electron chi connectivity index (χ0n) is 20.0. The first-order valence-electron chi connectivity index (χ1n) is 11.2. The fourth-order valence-corrected chi connectivity index (χ4v) is 4.28. The van der Waals surface area contributed by atoms with E-state index in [1.54, 1.807) is 17.5 Å². The van der Waals surface area contributed by atoms with E-state index in [-0.39, 0.29) is 18.1 Å². The first kappa shape index (κ1) is 31.9. The lowest BCUT2D eigenvalue weighted by Crippen LogP contribution is -2.42. The van der Waals surface area contributed by atoms with Crippen LogP contribution in [0.5, 0.6) is 0 Å². The smallest absolute Gasteiger partial charge is 0.475 e. The fraction of sp³-hybridized carbons (Fsp3) is 0.500. The van der Waals surface area contributed by atoms with Gasteiger partial charge in [-0.3, -0.25) is 14.7 Å². The number of carbonyl (C=O) groups is 3. The number of nitrogens with zero attached hydrogens (tertiary/aromatic N) is 3. The molecule has 4 heterocycles. The second-order valence-corrected chi connectivity index (χ2v) is 9.23. The van der Waals surface area contributed by atoms with Crippen molar-refractivity contribution in [2.24, 2.45) is 5.92 Å². The number of halogens is 6. The van der Waals surface area contributed by atoms with Gasteiger partial charge in [-0.1, -0.05) is 6.07 Å². The van der Waals surface area contributed by atoms with Gasteiger partial charge < -0.3 is 20.3 Å². The average molecular weight is 587 g/mol. The molecule has 17 heteroatoms. The predicted molar refractivity (Wildman–Crippen MR) is 122 cm³/mol. The van der Waals surface area contributed by atoms with Gasteiger partial charge in [0.15, 0.2) is 0 Å². The Morgan fingerprint density at radius 1 is 1.05 bits per heavy atom. The molecule has 1 amide bonds. The maximum atomic E-state index is 12.4. The molecule has 216 valence electrons. The molecule has 0 aromatic carbocycles. The van der Waals surface area contributed by atoms with E-state index in [1.165, 1.54) is 0 Å². The van der Waals surface area contributed by atoms with Gasteiger partial charge in [-0.05, 0) is 37.4 Å². The largest absolute Gasteiger partial charge is 0.490 e. The van der Waals surface area contributed by atoms with E-state index < -0.39 is 24.3 Å². The second kappa shape index (κ2) is 14.2. The molecular weight excluding hydrogens is 562 g/mol. The Bertz CT molecular complexity index is 1050. The van der Waals surface area contributed by atoms with Crippen LogP contribution in [0.1, 0.15) is 23.5 Å². The molecule has 0 saturated carbocycles. The van der Waals surface area contributed by atoms with Crippen LogP contribution in [0.15, 0.2) is 36.0 Å². The highest BCUT2D eigenvalue weighted by Gasteiger charge is 2.42. The first-order chi connectivity index (χ1) is 18.2. The molecule has 2 saturated heterocycles. The molecule has 2 aromatic rings. The second-order valence-electron chi connectivity index (χ2n) is 8.25. The van der Waals surface area contributed by atoms with Crippen LogP contribution in [0.2, 0.25) is 0 Å². The fourth-order valence-electron chi connectivity index (χ4n) is 3.62. The molecule has 3 N–H and O–H groups in total. The Hall–Kier alpha value is -3.31. The summed E-state index contributed by atoms with van der Waals surface area (Å²) < 4.78 is 69.5. The topological polar surface area (TPSA) is 142 Å². The lowest BCUT2D eigenvalue weighted by Gasteiger charge is -2.33. The molecule has 3 atom stereocenters. The van der Waals surface area contributed by atoms with Gasteiger partial charge in [0, 0.05) is 24.3 Å². The number of thiazole rings is 1. The SMILES string of the molecule is O=C(NCc1ccccn1)[C@@H]1C[C@@H]2CCN(Cc3nccs3)C[C@H]2O1.O=C(O)C(F)(F)F.O=C(O)C(F)(F)F. The summed E-state index contributed by atoms with van der Waals surface area (Å²) in [6, 6.07) is 5.70. The number of carboxylic acid groups (broad SMARTS) is 2. The van der Waals surface area contributed by atoms with E-state index >= 15 is 0 Å². The van der Waals surface area contributed by atoms with Crippen LogP contribution in [0.25, 0.3) is 0 Å². The maximum Gasteiger partial charge on any atom is 0.490 e. The van der Waals surface area contributed by atoms with Crippen molar-refractivity contribution >= 4 is 29.2 Å². The Balaban J connectivity index is 0.000000317. The molecular formula is C22H24F6N4O6S. The molecule has 0 aliphatic carbocycles. The van der Waals surface area contributed by atoms with E-state index in [2.05, 4.69) is 20.2 Å². The lowest BCUT2D eigenvalue weighted by atomic mass is 9.91. The van der Waals surface area contributed by atoms with E-state index in [9.17, 15) is 31.1 Å². The molecule has 2 fully saturated rings. The van der Waals surface area contributed by atoms with Crippen molar-refractivity contribution in [3.63, 3.8) is 0 Å². The number of hydrogen-bond donors (Lipinski definition) is 3. The third kappa shape index (κ3) is 11.1. The number of rotatable bonds is 5. The summed E-state index contributed by atoms with van der Waals surface area (Å²) in [7, 11) is 0. The Morgan fingerprint density at radius 3 is 2.21 bits per heavy atom. The Morgan fingerprint density at radius 2 is 1.69 bits per heavy atom. The highest BCUT2D eigenvalue weighted by Crippen LogP contribution is 2.34. The molecule has 39 heavy (non-hydrogen) atoms. The quantitative estimate of drug-likeness (QED) is 0.451. The summed E-state index contributed by atoms with van der Waals surface area (Å²) in [6.07, 6.45) is -4.86. The van der Waals surface area contributed by atoms with Crippen LogP contribution in [0.3, 0.4) is 0 Å². The first-order valence-corrected chi connectivity index (χ1v) is 12.1. The number of alkyl halides is 6. The summed E-state index contributed by atoms with van der Waals surface area (Å²) in [5, 5.41) is 20.3. The number of hydrogen-bond acceptors (Lipinski definition) is 8. The monoisotopic (exact) mass is 586 g/mol. The molecule has 2 aromatic heterocycles. The van der Waals surface area contributed by atoms with Crippen molar-refractivity contribution in [2.45, 2.75) is 50.5 Å². The van der Waals surface area contributed by atoms with Crippen molar-refractivity contribution in [3.8, 4) is 0 Å². The summed E-state index contributed by atoms with van der Waals surface area (Å²) >= 11 is 1.69. The van der Waals surface area contributed by atoms with Crippen molar-refractivity contribution in [1.82, 2.24) is 20.2 Å². The van der Waals surface area contributed by atoms with Gasteiger partial charge in [-0.2, -0.15) is 26.3 Å². The van der Waals surface area contributed by atoms with Gasteiger partial charge in [-0.15, -0.1) is 11.3 Å². The third-order valence-corrected chi connectivity index (χ3v) is 6.19. The number of aliphatic carboxylic acids is 2. The van der Waals surface area contributed by atoms with Crippen molar-refractivity contribution in [3.05, 3.63) is 46.7 Å². The van der Waals surface area contributed by atoms with Crippen LogP contribution < -0.4 is 5.32 Å². The zero-order chi connectivity index (χ0) is 29.2. The number of nitrogens with one attached hydrogen (secondary N) is 1. The number of piperidine rings is 1. The van der Waals surface area contributed by atoms with E-state index in [1.807, 2.05) is 29.8 Å². The van der Waals surface area contributed by atoms with Crippen LogP contribution in [0.4, 0.5) is 26.3 Å². The minimum atomic E-state index is -5.08. The van der Waals surface area contributed by atoms with Crippen molar-refractivity contribution in [1.29, 1.82) is 0 Å². The summed E-state index contributed by atoms with van der Waals surface area (Å²) in [5.41, 5.74) is 0.862. The van der Waals surface area contributed by atoms with Gasteiger partial charge in [0.1, 0.15) is 11.1 Å². The number of fused-ring (bicyclic) bond motifs is 1. The van der Waals surface area contributed by atoms with Crippen molar-refractivity contribution in [2.75, 3.05) is 13.1 Å². The summed E-state index contributed by atoms with van der Waals surface area (Å²) in [5.74, 6) is -5.05. The molecule has 10 nitrogen and oxygen atoms in total. The zero-order valence-corrected chi connectivity index (χ0v) is 20.8. The molecule has 0 spiro atoms. The lowest BCUT2D eigenvalue weighted by molar-refractivity contribution is -0.193. The molecule has 2 aliphatic rings. The van der Waals surface area contributed by atoms with E-state index in [0.29, 0.717) is 12.5 Å². The number of amides is 1. The molecule has 0 bridgehead atoms. The number of pyridine rings is 1. The third-order valence-electron chi connectivity index (χ3n) is 5.43. The minimum Gasteiger partial charge on any atom is -0.475 e. The van der Waals surface area contributed by atoms with Gasteiger partial charge >= 0.3 is 24.3 Å². The van der Waals surface area contributed by atoms with Crippen molar-refractivity contribution < 1.29 is 55.7 Å². The average Bonchev–Trinajstić information content (AvgIpc) is 3.52. The highest BCUT2D eigenvalue weighted by atomic mass is 32.1. The van der Waals surface area contributed by atoms with E-state index in [4.69, 9.17) is 24.5 Å². The summed E-state index contributed by atoms with van der Waals surface area (Å²) in [6.45, 7) is 3.26. The van der Waals surface area contributed by atoms with Crippen LogP contribution in [0, 0.1) is 5.92 Å². The maximum absolute atomic E-state index is 12.4. The minimum absolute atomic E-state index is 0.0217. The highest BCUT2D eigenvalue weighted by molar-refractivity contribution is 7.09. The number of aromatic nitrogens is 2. The Labute approximate surface area is 221 Å². The number of carboxylic acids is 2. The van der Waals surface area contributed by atoms with Crippen LogP contribution in [-0.2, 0) is 32.2 Å². The van der Waals surface area contributed by atoms with E-state index in [0.717, 1.165) is 43.2 Å². The molecule has 4 rings (SSSR count). The number of carbonyl (C=O) groups excluding carboxylic acids is 1. The molecule has 0 unspecified atom stereocenters. The molecule has 2 aliphatic heterocycles. The number of ether oxygens (including phenoxy) is 1. The Kier molecular flexibility index (Phi) is 11.6. The summed E-state index contributed by atoms with van der Waals surface area (Å²) in [4.78, 5) is 41.2. The normalized spacial score (nSPS) is 20.9. The van der Waals surface area contributed by atoms with Gasteiger partial charge in [0.25, 0.3) is 0 Å². The predicted octanol–water partition coefficient (Wildman–Crippen LogP) is 3.10. The molecule has 0 radical (unpaired) electrons. The number of likely N-dealkylation sites (tertiary alicyclic amines) is 1. The van der Waals surface area contributed by atoms with Gasteiger partial charge in [0.2, 0.25) is 5.91 Å². The van der Waals surface area contributed by atoms with Gasteiger partial charge in [0.05, 0.1) is 24.9 Å². The van der Waals surface area contributed by atoms with Crippen LogP contribution in [-0.4, -0.2) is 80.6 Å².